The van der Waals surface area contributed by atoms with Gasteiger partial charge in [-0.25, -0.2) is 4.39 Å². The summed E-state index contributed by atoms with van der Waals surface area (Å²) in [6.45, 7) is 8.63. The van der Waals surface area contributed by atoms with Crippen LogP contribution in [0.1, 0.15) is 55.7 Å². The molecule has 0 radical (unpaired) electrons. The Labute approximate surface area is 164 Å². The van der Waals surface area contributed by atoms with E-state index in [4.69, 9.17) is 0 Å². The topological polar surface area (TPSA) is 24.1 Å². The van der Waals surface area contributed by atoms with Crippen LogP contribution in [0, 0.1) is 18.7 Å². The second-order valence-electron chi connectivity index (χ2n) is 7.98. The van der Waals surface area contributed by atoms with E-state index in [1.165, 1.54) is 23.1 Å². The molecule has 2 nitrogen and oxygen atoms in total. The fourth-order valence-corrected chi connectivity index (χ4v) is 3.60. The molecule has 27 heavy (non-hydrogen) atoms. The van der Waals surface area contributed by atoms with Crippen LogP contribution < -0.4 is 10.6 Å². The number of hydrogen-bond donors (Lipinski definition) is 2. The Hall–Kier alpha value is -1.71. The van der Waals surface area contributed by atoms with E-state index < -0.39 is 0 Å². The predicted octanol–water partition coefficient (Wildman–Crippen LogP) is 5.27. The number of benzene rings is 2. The van der Waals surface area contributed by atoms with Crippen molar-refractivity contribution in [2.24, 2.45) is 5.92 Å². The SMILES string of the molecule is CNC(CNCCCC(c1ccc(C)cc1)c1ccc(F)cc1)CC(C)C. The van der Waals surface area contributed by atoms with Crippen LogP contribution in [0.4, 0.5) is 4.39 Å². The van der Waals surface area contributed by atoms with Gasteiger partial charge in [0.1, 0.15) is 5.82 Å². The molecule has 0 aromatic heterocycles. The lowest BCUT2D eigenvalue weighted by molar-refractivity contribution is 0.417. The predicted molar refractivity (Wildman–Crippen MR) is 114 cm³/mol. The minimum absolute atomic E-state index is 0.175. The molecule has 0 saturated carbocycles. The molecule has 2 aromatic rings. The molecule has 0 aliphatic heterocycles. The van der Waals surface area contributed by atoms with Crippen LogP contribution in [-0.2, 0) is 0 Å². The quantitative estimate of drug-likeness (QED) is 0.527. The molecule has 3 heteroatoms. The Morgan fingerprint density at radius 3 is 2.07 bits per heavy atom. The van der Waals surface area contributed by atoms with E-state index in [1.807, 2.05) is 19.2 Å². The highest BCUT2D eigenvalue weighted by Gasteiger charge is 2.14. The van der Waals surface area contributed by atoms with Crippen molar-refractivity contribution in [3.63, 3.8) is 0 Å². The third-order valence-electron chi connectivity index (χ3n) is 5.15. The monoisotopic (exact) mass is 370 g/mol. The number of likely N-dealkylation sites (N-methyl/N-ethyl adjacent to an activating group) is 1. The first-order chi connectivity index (χ1) is 13.0. The zero-order valence-corrected chi connectivity index (χ0v) is 17.3. The molecule has 0 spiro atoms. The summed E-state index contributed by atoms with van der Waals surface area (Å²) in [5, 5.41) is 6.99. The van der Waals surface area contributed by atoms with Crippen LogP contribution >= 0.6 is 0 Å². The lowest BCUT2D eigenvalue weighted by Crippen LogP contribution is -2.37. The summed E-state index contributed by atoms with van der Waals surface area (Å²) in [6.07, 6.45) is 3.33. The zero-order chi connectivity index (χ0) is 19.6. The Bertz CT molecular complexity index is 604. The van der Waals surface area contributed by atoms with E-state index >= 15 is 0 Å². The zero-order valence-electron chi connectivity index (χ0n) is 17.3. The molecule has 2 aromatic carbocycles. The largest absolute Gasteiger partial charge is 0.316 e. The molecule has 148 valence electrons. The summed E-state index contributed by atoms with van der Waals surface area (Å²) in [7, 11) is 2.04. The van der Waals surface area contributed by atoms with Crippen LogP contribution in [0.5, 0.6) is 0 Å². The third kappa shape index (κ3) is 7.43. The molecule has 2 N–H and O–H groups in total. The van der Waals surface area contributed by atoms with Gasteiger partial charge >= 0.3 is 0 Å². The Morgan fingerprint density at radius 2 is 1.52 bits per heavy atom. The highest BCUT2D eigenvalue weighted by atomic mass is 19.1. The van der Waals surface area contributed by atoms with E-state index in [0.29, 0.717) is 17.9 Å². The summed E-state index contributed by atoms with van der Waals surface area (Å²) in [4.78, 5) is 0. The van der Waals surface area contributed by atoms with E-state index in [1.54, 1.807) is 12.1 Å². The van der Waals surface area contributed by atoms with Crippen molar-refractivity contribution in [1.82, 2.24) is 10.6 Å². The first-order valence-corrected chi connectivity index (χ1v) is 10.2. The number of aryl methyl sites for hydroxylation is 1. The molecule has 0 aliphatic rings. The molecule has 2 atom stereocenters. The van der Waals surface area contributed by atoms with Gasteiger partial charge in [0.25, 0.3) is 0 Å². The normalized spacial score (nSPS) is 13.7. The van der Waals surface area contributed by atoms with Crippen LogP contribution in [-0.4, -0.2) is 26.2 Å². The van der Waals surface area contributed by atoms with Crippen molar-refractivity contribution in [3.8, 4) is 0 Å². The second kappa shape index (κ2) is 11.2. The van der Waals surface area contributed by atoms with Gasteiger partial charge in [0, 0.05) is 18.5 Å². The van der Waals surface area contributed by atoms with Gasteiger partial charge in [0.2, 0.25) is 0 Å². The molecule has 0 heterocycles. The van der Waals surface area contributed by atoms with Crippen molar-refractivity contribution in [3.05, 3.63) is 71.0 Å². The number of halogens is 1. The van der Waals surface area contributed by atoms with Crippen LogP contribution in [0.15, 0.2) is 48.5 Å². The Morgan fingerprint density at radius 1 is 0.926 bits per heavy atom. The second-order valence-corrected chi connectivity index (χ2v) is 7.98. The molecule has 2 unspecified atom stereocenters. The fourth-order valence-electron chi connectivity index (χ4n) is 3.60. The lowest BCUT2D eigenvalue weighted by Gasteiger charge is -2.21. The maximum atomic E-state index is 13.3. The van der Waals surface area contributed by atoms with Crippen LogP contribution in [0.3, 0.4) is 0 Å². The Balaban J connectivity index is 1.93. The molecule has 0 bridgehead atoms. The summed E-state index contributed by atoms with van der Waals surface area (Å²) >= 11 is 0. The maximum absolute atomic E-state index is 13.3. The number of hydrogen-bond acceptors (Lipinski definition) is 2. The van der Waals surface area contributed by atoms with Crippen LogP contribution in [0.2, 0.25) is 0 Å². The number of rotatable bonds is 11. The van der Waals surface area contributed by atoms with Gasteiger partial charge in [-0.15, -0.1) is 0 Å². The number of nitrogens with one attached hydrogen (secondary N) is 2. The van der Waals surface area contributed by atoms with E-state index in [9.17, 15) is 4.39 Å². The molecule has 0 saturated heterocycles. The van der Waals surface area contributed by atoms with Crippen molar-refractivity contribution in [2.45, 2.75) is 52.0 Å². The maximum Gasteiger partial charge on any atom is 0.123 e. The minimum atomic E-state index is -0.175. The fraction of sp³-hybridized carbons (Fsp3) is 0.500. The van der Waals surface area contributed by atoms with Gasteiger partial charge in [-0.1, -0.05) is 55.8 Å². The van der Waals surface area contributed by atoms with Crippen LogP contribution in [0.25, 0.3) is 0 Å². The summed E-state index contributed by atoms with van der Waals surface area (Å²) in [5.74, 6) is 0.837. The van der Waals surface area contributed by atoms with Gasteiger partial charge in [0.15, 0.2) is 0 Å². The van der Waals surface area contributed by atoms with Gasteiger partial charge in [0.05, 0.1) is 0 Å². The van der Waals surface area contributed by atoms with Crippen molar-refractivity contribution in [2.75, 3.05) is 20.1 Å². The molecule has 0 amide bonds. The van der Waals surface area contributed by atoms with E-state index in [0.717, 1.165) is 25.9 Å². The summed E-state index contributed by atoms with van der Waals surface area (Å²) in [5.41, 5.74) is 3.76. The summed E-state index contributed by atoms with van der Waals surface area (Å²) in [6, 6.07) is 16.2. The van der Waals surface area contributed by atoms with Gasteiger partial charge in [-0.3, -0.25) is 0 Å². The molecular weight excluding hydrogens is 335 g/mol. The minimum Gasteiger partial charge on any atom is -0.316 e. The van der Waals surface area contributed by atoms with E-state index in [-0.39, 0.29) is 5.82 Å². The average molecular weight is 371 g/mol. The first-order valence-electron chi connectivity index (χ1n) is 10.2. The van der Waals surface area contributed by atoms with Crippen molar-refractivity contribution < 1.29 is 4.39 Å². The molecule has 2 rings (SSSR count). The third-order valence-corrected chi connectivity index (χ3v) is 5.15. The van der Waals surface area contributed by atoms with Crippen molar-refractivity contribution >= 4 is 0 Å². The molecule has 0 fully saturated rings. The van der Waals surface area contributed by atoms with Crippen molar-refractivity contribution in [1.29, 1.82) is 0 Å². The summed E-state index contributed by atoms with van der Waals surface area (Å²) < 4.78 is 13.3. The first kappa shape index (κ1) is 21.6. The molecular formula is C24H35FN2. The van der Waals surface area contributed by atoms with Gasteiger partial charge in [-0.05, 0) is 69.0 Å². The highest BCUT2D eigenvalue weighted by molar-refractivity contribution is 5.34. The smallest absolute Gasteiger partial charge is 0.123 e. The standard InChI is InChI=1S/C24H35FN2/c1-18(2)16-23(26-4)17-27-15-5-6-24(20-9-7-19(3)8-10-20)21-11-13-22(25)14-12-21/h7-14,18,23-24,26-27H,5-6,15-17H2,1-4H3. The van der Waals surface area contributed by atoms with Gasteiger partial charge < -0.3 is 10.6 Å². The lowest BCUT2D eigenvalue weighted by atomic mass is 9.87. The Kier molecular flexibility index (Phi) is 8.96. The highest BCUT2D eigenvalue weighted by Crippen LogP contribution is 2.29. The van der Waals surface area contributed by atoms with E-state index in [2.05, 4.69) is 55.7 Å². The molecule has 0 aliphatic carbocycles. The van der Waals surface area contributed by atoms with Gasteiger partial charge in [-0.2, -0.15) is 0 Å². The average Bonchev–Trinajstić information content (AvgIpc) is 2.65.